The molecule has 114 valence electrons. The Hall–Kier alpha value is -1.68. The van der Waals surface area contributed by atoms with Crippen LogP contribution in [0, 0.1) is 5.92 Å². The van der Waals surface area contributed by atoms with E-state index in [0.29, 0.717) is 12.5 Å². The van der Waals surface area contributed by atoms with E-state index in [1.165, 1.54) is 17.5 Å². The molecule has 1 aromatic carbocycles. The van der Waals surface area contributed by atoms with Crippen molar-refractivity contribution in [3.05, 3.63) is 34.9 Å². The Balaban J connectivity index is 2.05. The van der Waals surface area contributed by atoms with Crippen molar-refractivity contribution in [2.45, 2.75) is 33.1 Å². The highest BCUT2D eigenvalue weighted by Gasteiger charge is 2.18. The molecule has 1 amide bonds. The molecule has 0 bridgehead atoms. The van der Waals surface area contributed by atoms with Gasteiger partial charge >= 0.3 is 0 Å². The van der Waals surface area contributed by atoms with Gasteiger partial charge in [0.2, 0.25) is 5.91 Å². The van der Waals surface area contributed by atoms with Crippen LogP contribution in [0.2, 0.25) is 0 Å². The summed E-state index contributed by atoms with van der Waals surface area (Å²) in [5.41, 5.74) is 8.67. The maximum absolute atomic E-state index is 12.4. The molecule has 0 fully saturated rings. The van der Waals surface area contributed by atoms with E-state index in [4.69, 9.17) is 5.73 Å². The molecular weight excluding hydrogens is 264 g/mol. The van der Waals surface area contributed by atoms with E-state index in [-0.39, 0.29) is 18.9 Å². The van der Waals surface area contributed by atoms with Crippen LogP contribution >= 0.6 is 0 Å². The minimum atomic E-state index is -0.391. The minimum Gasteiger partial charge on any atom is -0.369 e. The number of ketones is 1. The SMILES string of the molecule is CC(C)CN(CC(N)=O)CC(=O)c1ccc2c(c1)CCC2. The summed E-state index contributed by atoms with van der Waals surface area (Å²) < 4.78 is 0. The van der Waals surface area contributed by atoms with E-state index in [1.54, 1.807) is 0 Å². The number of carbonyl (C=O) groups is 2. The van der Waals surface area contributed by atoms with Gasteiger partial charge in [0, 0.05) is 12.1 Å². The summed E-state index contributed by atoms with van der Waals surface area (Å²) >= 11 is 0. The van der Waals surface area contributed by atoms with E-state index in [2.05, 4.69) is 19.9 Å². The topological polar surface area (TPSA) is 63.4 Å². The number of benzene rings is 1. The molecule has 0 saturated carbocycles. The van der Waals surface area contributed by atoms with Gasteiger partial charge in [0.15, 0.2) is 5.78 Å². The molecule has 21 heavy (non-hydrogen) atoms. The van der Waals surface area contributed by atoms with Gasteiger partial charge in [-0.2, -0.15) is 0 Å². The highest BCUT2D eigenvalue weighted by Crippen LogP contribution is 2.23. The molecule has 0 spiro atoms. The number of hydrogen-bond donors (Lipinski definition) is 1. The third-order valence-corrected chi connectivity index (χ3v) is 3.79. The Morgan fingerprint density at radius 1 is 1.19 bits per heavy atom. The summed E-state index contributed by atoms with van der Waals surface area (Å²) in [5.74, 6) is 0.0566. The van der Waals surface area contributed by atoms with Crippen molar-refractivity contribution in [2.75, 3.05) is 19.6 Å². The molecule has 0 aromatic heterocycles. The van der Waals surface area contributed by atoms with E-state index in [9.17, 15) is 9.59 Å². The number of aryl methyl sites for hydroxylation is 2. The molecular formula is C17H24N2O2. The third kappa shape index (κ3) is 4.39. The van der Waals surface area contributed by atoms with Gasteiger partial charge in [-0.15, -0.1) is 0 Å². The Morgan fingerprint density at radius 3 is 2.57 bits per heavy atom. The highest BCUT2D eigenvalue weighted by atomic mass is 16.1. The van der Waals surface area contributed by atoms with Crippen molar-refractivity contribution in [1.82, 2.24) is 4.90 Å². The first-order valence-corrected chi connectivity index (χ1v) is 7.61. The second-order valence-electron chi connectivity index (χ2n) is 6.29. The van der Waals surface area contributed by atoms with Crippen molar-refractivity contribution in [3.63, 3.8) is 0 Å². The molecule has 1 aliphatic carbocycles. The lowest BCUT2D eigenvalue weighted by molar-refractivity contribution is -0.119. The molecule has 1 aromatic rings. The van der Waals surface area contributed by atoms with E-state index in [0.717, 1.165) is 18.4 Å². The number of carbonyl (C=O) groups excluding carboxylic acids is 2. The van der Waals surface area contributed by atoms with E-state index >= 15 is 0 Å². The molecule has 0 atom stereocenters. The second-order valence-corrected chi connectivity index (χ2v) is 6.29. The fourth-order valence-electron chi connectivity index (χ4n) is 2.96. The molecule has 0 radical (unpaired) electrons. The van der Waals surface area contributed by atoms with Crippen LogP contribution in [0.5, 0.6) is 0 Å². The van der Waals surface area contributed by atoms with Crippen molar-refractivity contribution < 1.29 is 9.59 Å². The Bertz CT molecular complexity index is 538. The normalized spacial score (nSPS) is 13.7. The zero-order valence-electron chi connectivity index (χ0n) is 12.9. The molecule has 2 rings (SSSR count). The zero-order valence-corrected chi connectivity index (χ0v) is 12.9. The van der Waals surface area contributed by atoms with Gasteiger partial charge < -0.3 is 5.73 Å². The van der Waals surface area contributed by atoms with Gasteiger partial charge in [-0.3, -0.25) is 14.5 Å². The molecule has 0 unspecified atom stereocenters. The number of rotatable bonds is 7. The average Bonchev–Trinajstić information content (AvgIpc) is 2.83. The first-order chi connectivity index (χ1) is 9.95. The van der Waals surface area contributed by atoms with Gasteiger partial charge in [0.1, 0.15) is 0 Å². The van der Waals surface area contributed by atoms with Gasteiger partial charge in [-0.05, 0) is 42.4 Å². The fraction of sp³-hybridized carbons (Fsp3) is 0.529. The number of amides is 1. The van der Waals surface area contributed by atoms with Crippen molar-refractivity contribution in [1.29, 1.82) is 0 Å². The predicted molar refractivity (Wildman–Crippen MR) is 83.3 cm³/mol. The smallest absolute Gasteiger partial charge is 0.231 e. The average molecular weight is 288 g/mol. The number of Topliss-reactive ketones (excluding diaryl/α,β-unsaturated/α-hetero) is 1. The quantitative estimate of drug-likeness (QED) is 0.778. The van der Waals surface area contributed by atoms with Crippen LogP contribution in [-0.4, -0.2) is 36.2 Å². The monoisotopic (exact) mass is 288 g/mol. The first-order valence-electron chi connectivity index (χ1n) is 7.61. The maximum atomic E-state index is 12.4. The summed E-state index contributed by atoms with van der Waals surface area (Å²) in [6.07, 6.45) is 3.35. The lowest BCUT2D eigenvalue weighted by Gasteiger charge is -2.22. The van der Waals surface area contributed by atoms with Crippen LogP contribution in [-0.2, 0) is 17.6 Å². The molecule has 4 nitrogen and oxygen atoms in total. The van der Waals surface area contributed by atoms with Crippen molar-refractivity contribution >= 4 is 11.7 Å². The first kappa shape index (κ1) is 15.7. The molecule has 0 aliphatic heterocycles. The summed E-state index contributed by atoms with van der Waals surface area (Å²) in [5, 5.41) is 0. The van der Waals surface area contributed by atoms with E-state index in [1.807, 2.05) is 17.0 Å². The second kappa shape index (κ2) is 6.85. The van der Waals surface area contributed by atoms with Crippen LogP contribution < -0.4 is 5.73 Å². The molecule has 1 aliphatic rings. The largest absolute Gasteiger partial charge is 0.369 e. The predicted octanol–water partition coefficient (Wildman–Crippen LogP) is 1.80. The Labute approximate surface area is 126 Å². The number of nitrogens with zero attached hydrogens (tertiary/aromatic N) is 1. The summed E-state index contributed by atoms with van der Waals surface area (Å²) in [6, 6.07) is 5.99. The third-order valence-electron chi connectivity index (χ3n) is 3.79. The van der Waals surface area contributed by atoms with Crippen LogP contribution in [0.15, 0.2) is 18.2 Å². The molecule has 0 heterocycles. The van der Waals surface area contributed by atoms with Crippen LogP contribution in [0.25, 0.3) is 0 Å². The van der Waals surface area contributed by atoms with Crippen LogP contribution in [0.4, 0.5) is 0 Å². The van der Waals surface area contributed by atoms with Gasteiger partial charge in [-0.25, -0.2) is 0 Å². The van der Waals surface area contributed by atoms with Gasteiger partial charge in [0.05, 0.1) is 13.1 Å². The van der Waals surface area contributed by atoms with E-state index < -0.39 is 5.91 Å². The number of hydrogen-bond acceptors (Lipinski definition) is 3. The number of nitrogens with two attached hydrogens (primary N) is 1. The van der Waals surface area contributed by atoms with Crippen LogP contribution in [0.3, 0.4) is 0 Å². The van der Waals surface area contributed by atoms with Crippen LogP contribution in [0.1, 0.15) is 41.8 Å². The molecule has 2 N–H and O–H groups in total. The van der Waals surface area contributed by atoms with Crippen molar-refractivity contribution in [3.8, 4) is 0 Å². The molecule has 0 saturated heterocycles. The Morgan fingerprint density at radius 2 is 1.90 bits per heavy atom. The number of primary amides is 1. The Kier molecular flexibility index (Phi) is 5.12. The van der Waals surface area contributed by atoms with Gasteiger partial charge in [-0.1, -0.05) is 26.0 Å². The zero-order chi connectivity index (χ0) is 15.4. The van der Waals surface area contributed by atoms with Gasteiger partial charge in [0.25, 0.3) is 0 Å². The summed E-state index contributed by atoms with van der Waals surface area (Å²) in [6.45, 7) is 5.20. The number of fused-ring (bicyclic) bond motifs is 1. The van der Waals surface area contributed by atoms with Crippen molar-refractivity contribution in [2.24, 2.45) is 11.7 Å². The lowest BCUT2D eigenvalue weighted by Crippen LogP contribution is -2.39. The molecule has 4 heteroatoms. The summed E-state index contributed by atoms with van der Waals surface area (Å²) in [4.78, 5) is 25.4. The lowest BCUT2D eigenvalue weighted by atomic mass is 10.0. The fourth-order valence-corrected chi connectivity index (χ4v) is 2.96. The summed E-state index contributed by atoms with van der Waals surface area (Å²) in [7, 11) is 0. The standard InChI is InChI=1S/C17H24N2O2/c1-12(2)9-19(11-17(18)21)10-16(20)15-7-6-13-4-3-5-14(13)8-15/h6-8,12H,3-5,9-11H2,1-2H3,(H2,18,21). The minimum absolute atomic E-state index is 0.0617. The highest BCUT2D eigenvalue weighted by molar-refractivity contribution is 5.98. The maximum Gasteiger partial charge on any atom is 0.231 e.